The lowest BCUT2D eigenvalue weighted by Gasteiger charge is -2.15. The van der Waals surface area contributed by atoms with E-state index in [4.69, 9.17) is 9.94 Å². The number of ether oxygens (including phenoxy) is 1. The lowest BCUT2D eigenvalue weighted by molar-refractivity contribution is -0.151. The molecule has 33 heavy (non-hydrogen) atoms. The number of aliphatic hydroxyl groups is 1. The average Bonchev–Trinajstić information content (AvgIpc) is 2.75. The van der Waals surface area contributed by atoms with Crippen LogP contribution in [0.25, 0.3) is 0 Å². The summed E-state index contributed by atoms with van der Waals surface area (Å²) in [5.41, 5.74) is 0.664. The van der Waals surface area contributed by atoms with Crippen LogP contribution in [-0.4, -0.2) is 47.4 Å². The highest BCUT2D eigenvalue weighted by atomic mass is 127. The van der Waals surface area contributed by atoms with E-state index in [-0.39, 0.29) is 12.1 Å². The first-order chi connectivity index (χ1) is 15.6. The maximum absolute atomic E-state index is 14.4. The van der Waals surface area contributed by atoms with E-state index in [0.29, 0.717) is 9.64 Å². The van der Waals surface area contributed by atoms with E-state index in [2.05, 4.69) is 10.1 Å². The van der Waals surface area contributed by atoms with Crippen molar-refractivity contribution in [1.29, 1.82) is 0 Å². The van der Waals surface area contributed by atoms with Crippen molar-refractivity contribution in [1.82, 2.24) is 5.48 Å². The van der Waals surface area contributed by atoms with Crippen LogP contribution in [0.5, 0.6) is 0 Å². The number of aliphatic hydroxyl groups excluding tert-OH is 1. The van der Waals surface area contributed by atoms with Gasteiger partial charge in [0.2, 0.25) is 0 Å². The van der Waals surface area contributed by atoms with Crippen LogP contribution in [0.1, 0.15) is 23.2 Å². The van der Waals surface area contributed by atoms with Crippen LogP contribution < -0.4 is 10.8 Å². The van der Waals surface area contributed by atoms with Gasteiger partial charge in [0.15, 0.2) is 11.6 Å². The van der Waals surface area contributed by atoms with Crippen LogP contribution >= 0.6 is 22.6 Å². The molecule has 178 valence electrons. The quantitative estimate of drug-likeness (QED) is 0.181. The normalized spacial score (nSPS) is 11.5. The van der Waals surface area contributed by atoms with Crippen LogP contribution in [0.15, 0.2) is 30.3 Å². The number of hydrogen-bond acceptors (Lipinski definition) is 7. The average molecular weight is 582 g/mol. The number of rotatable bonds is 11. The van der Waals surface area contributed by atoms with Gasteiger partial charge in [-0.3, -0.25) is 19.2 Å². The number of carboxylic acid groups (broad SMARTS) is 1. The van der Waals surface area contributed by atoms with Gasteiger partial charge in [-0.25, -0.2) is 18.7 Å². The van der Waals surface area contributed by atoms with Gasteiger partial charge in [0.05, 0.1) is 29.8 Å². The highest BCUT2D eigenvalue weighted by Gasteiger charge is 2.21. The number of anilines is 2. The first-order valence-electron chi connectivity index (χ1n) is 9.26. The van der Waals surface area contributed by atoms with E-state index < -0.39 is 72.3 Å². The van der Waals surface area contributed by atoms with E-state index >= 15 is 0 Å². The van der Waals surface area contributed by atoms with Crippen LogP contribution in [0, 0.1) is 21.0 Å². The molecule has 13 heteroatoms. The molecule has 0 heterocycles. The second-order valence-electron chi connectivity index (χ2n) is 6.51. The molecule has 2 aromatic rings. The minimum atomic E-state index is -1.42. The summed E-state index contributed by atoms with van der Waals surface area (Å²) in [5, 5.41) is 20.5. The van der Waals surface area contributed by atoms with Gasteiger partial charge in [0.25, 0.3) is 5.91 Å². The molecule has 2 aromatic carbocycles. The molecule has 0 aliphatic rings. The zero-order valence-electron chi connectivity index (χ0n) is 16.7. The highest BCUT2D eigenvalue weighted by Crippen LogP contribution is 2.28. The fourth-order valence-electron chi connectivity index (χ4n) is 2.36. The van der Waals surface area contributed by atoms with E-state index in [9.17, 15) is 32.7 Å². The Balaban J connectivity index is 1.97. The van der Waals surface area contributed by atoms with Gasteiger partial charge in [-0.1, -0.05) is 0 Å². The van der Waals surface area contributed by atoms with Crippen LogP contribution in [0.4, 0.5) is 24.5 Å². The van der Waals surface area contributed by atoms with Crippen LogP contribution in [0.3, 0.4) is 0 Å². The summed E-state index contributed by atoms with van der Waals surface area (Å²) < 4.78 is 47.4. The number of carbonyl (C=O) groups is 3. The zero-order valence-corrected chi connectivity index (χ0v) is 18.9. The molecule has 1 atom stereocenters. The van der Waals surface area contributed by atoms with Gasteiger partial charge in [-0.15, -0.1) is 0 Å². The van der Waals surface area contributed by atoms with E-state index in [1.54, 1.807) is 0 Å². The summed E-state index contributed by atoms with van der Waals surface area (Å²) in [5.74, 6) is -6.52. The smallest absolute Gasteiger partial charge is 0.306 e. The number of amides is 1. The fourth-order valence-corrected chi connectivity index (χ4v) is 2.82. The van der Waals surface area contributed by atoms with Crippen molar-refractivity contribution in [2.45, 2.75) is 18.9 Å². The summed E-state index contributed by atoms with van der Waals surface area (Å²) in [6.07, 6.45) is -2.19. The lowest BCUT2D eigenvalue weighted by atomic mass is 10.1. The standard InChI is InChI=1S/C20H18F3IN2O7/c21-13-3-2-12(19(18(13)23)25-15-4-1-10(24)7-14(15)22)20(31)26-33-9-11(27)8-32-17(30)6-5-16(28)29/h1-4,7,11,25,27H,5-6,8-9H2,(H,26,31)(H,28,29)/t11-/m0/s1. The molecular weight excluding hydrogens is 564 g/mol. The van der Waals surface area contributed by atoms with Crippen molar-refractivity contribution in [2.24, 2.45) is 0 Å². The molecule has 0 unspecified atom stereocenters. The Bertz CT molecular complexity index is 1040. The molecule has 0 aliphatic heterocycles. The third kappa shape index (κ3) is 8.18. The molecule has 1 amide bonds. The highest BCUT2D eigenvalue weighted by molar-refractivity contribution is 14.1. The zero-order chi connectivity index (χ0) is 24.5. The Morgan fingerprint density at radius 3 is 2.42 bits per heavy atom. The molecule has 0 saturated carbocycles. The van der Waals surface area contributed by atoms with E-state index in [1.165, 1.54) is 12.1 Å². The Labute approximate surface area is 199 Å². The maximum Gasteiger partial charge on any atom is 0.306 e. The second kappa shape index (κ2) is 12.4. The van der Waals surface area contributed by atoms with Crippen molar-refractivity contribution in [3.8, 4) is 0 Å². The second-order valence-corrected chi connectivity index (χ2v) is 7.75. The first kappa shape index (κ1) is 26.3. The molecule has 0 spiro atoms. The number of carboxylic acids is 1. The molecule has 0 bridgehead atoms. The molecule has 2 rings (SSSR count). The Morgan fingerprint density at radius 2 is 1.76 bits per heavy atom. The van der Waals surface area contributed by atoms with Gasteiger partial charge in [-0.2, -0.15) is 0 Å². The van der Waals surface area contributed by atoms with Crippen molar-refractivity contribution in [3.05, 3.63) is 56.9 Å². The van der Waals surface area contributed by atoms with Gasteiger partial charge < -0.3 is 20.3 Å². The van der Waals surface area contributed by atoms with Gasteiger partial charge in [0.1, 0.15) is 25.1 Å². The van der Waals surface area contributed by atoms with Crippen molar-refractivity contribution in [3.63, 3.8) is 0 Å². The van der Waals surface area contributed by atoms with Crippen LogP contribution in [-0.2, 0) is 19.2 Å². The lowest BCUT2D eigenvalue weighted by Crippen LogP contribution is -2.31. The number of hydroxylamine groups is 1. The monoisotopic (exact) mass is 582 g/mol. The van der Waals surface area contributed by atoms with Gasteiger partial charge in [-0.05, 0) is 52.9 Å². The molecule has 0 aliphatic carbocycles. The van der Waals surface area contributed by atoms with E-state index in [0.717, 1.165) is 12.1 Å². The summed E-state index contributed by atoms with van der Waals surface area (Å²) in [6.45, 7) is -1.07. The third-order valence-electron chi connectivity index (χ3n) is 3.95. The fraction of sp³-hybridized carbons (Fsp3) is 0.250. The minimum Gasteiger partial charge on any atom is -0.481 e. The van der Waals surface area contributed by atoms with E-state index in [1.807, 2.05) is 28.1 Å². The molecule has 4 N–H and O–H groups in total. The molecule has 0 fully saturated rings. The molecule has 0 aromatic heterocycles. The Hall–Kier alpha value is -2.91. The van der Waals surface area contributed by atoms with Gasteiger partial charge >= 0.3 is 11.9 Å². The number of esters is 1. The number of aliphatic carboxylic acids is 1. The van der Waals surface area contributed by atoms with Crippen LogP contribution in [0.2, 0.25) is 0 Å². The number of benzene rings is 2. The summed E-state index contributed by atoms with van der Waals surface area (Å²) in [6, 6.07) is 5.60. The predicted octanol–water partition coefficient (Wildman–Crippen LogP) is 2.88. The number of hydrogen-bond donors (Lipinski definition) is 4. The SMILES string of the molecule is O=C(O)CCC(=O)OC[C@H](O)CONC(=O)c1ccc(F)c(F)c1Nc1ccc(I)cc1F. The predicted molar refractivity (Wildman–Crippen MR) is 116 cm³/mol. The topological polar surface area (TPSA) is 134 Å². The number of nitrogens with one attached hydrogen (secondary N) is 2. The van der Waals surface area contributed by atoms with Crippen molar-refractivity contribution >= 4 is 51.8 Å². The Morgan fingerprint density at radius 1 is 1.03 bits per heavy atom. The summed E-state index contributed by atoms with van der Waals surface area (Å²) >= 11 is 1.86. The Kier molecular flexibility index (Phi) is 9.87. The number of halogens is 4. The minimum absolute atomic E-state index is 0.199. The molecule has 0 saturated heterocycles. The number of carbonyl (C=O) groups excluding carboxylic acids is 2. The van der Waals surface area contributed by atoms with Gasteiger partial charge in [0, 0.05) is 3.57 Å². The van der Waals surface area contributed by atoms with Crippen molar-refractivity contribution in [2.75, 3.05) is 18.5 Å². The largest absolute Gasteiger partial charge is 0.481 e. The van der Waals surface area contributed by atoms with Crippen molar-refractivity contribution < 1.29 is 47.3 Å². The molecule has 9 nitrogen and oxygen atoms in total. The summed E-state index contributed by atoms with van der Waals surface area (Å²) in [7, 11) is 0. The maximum atomic E-state index is 14.4. The molecular formula is C20H18F3IN2O7. The third-order valence-corrected chi connectivity index (χ3v) is 4.62. The first-order valence-corrected chi connectivity index (χ1v) is 10.3. The summed E-state index contributed by atoms with van der Waals surface area (Å²) in [4.78, 5) is 38.9. The molecule has 0 radical (unpaired) electrons.